The van der Waals surface area contributed by atoms with Crippen LogP contribution in [0.4, 0.5) is 0 Å². The maximum absolute atomic E-state index is 14.6. The predicted molar refractivity (Wildman–Crippen MR) is 275 cm³/mol. The van der Waals surface area contributed by atoms with Gasteiger partial charge in [0.1, 0.15) is 42.3 Å². The molecule has 18 N–H and O–H groups in total. The number of nitrogens with one attached hydrogen (secondary N) is 8. The van der Waals surface area contributed by atoms with Crippen molar-refractivity contribution in [3.05, 3.63) is 71.9 Å². The molecule has 400 valence electrons. The summed E-state index contributed by atoms with van der Waals surface area (Å²) in [6, 6.07) is 7.30. The topological polar surface area (TPSA) is 412 Å². The molecule has 0 radical (unpaired) electrons. The summed E-state index contributed by atoms with van der Waals surface area (Å²) in [5.41, 5.74) is 29.9. The first-order chi connectivity index (χ1) is 35.4. The molecule has 0 bridgehead atoms. The molecule has 1 aromatic heterocycles. The lowest BCUT2D eigenvalue weighted by atomic mass is 10.0. The van der Waals surface area contributed by atoms with Crippen LogP contribution in [0.3, 0.4) is 0 Å². The van der Waals surface area contributed by atoms with Crippen LogP contribution in [0.25, 0.3) is 10.9 Å². The third-order valence-electron chi connectivity index (χ3n) is 12.6. The van der Waals surface area contributed by atoms with Gasteiger partial charge < -0.3 is 75.8 Å². The van der Waals surface area contributed by atoms with E-state index < -0.39 is 95.5 Å². The van der Waals surface area contributed by atoms with Gasteiger partial charge in [0.05, 0.1) is 0 Å². The molecular weight excluding hydrogens is 957 g/mol. The highest BCUT2D eigenvalue weighted by Crippen LogP contribution is 2.22. The lowest BCUT2D eigenvalue weighted by Crippen LogP contribution is -2.60. The van der Waals surface area contributed by atoms with E-state index in [0.29, 0.717) is 24.0 Å². The van der Waals surface area contributed by atoms with Gasteiger partial charge in [0, 0.05) is 69.5 Å². The standard InChI is InChI=1S/C49H70N16O9/c1-28(66)59-34(15-7-22-56-48(51)52)42(69)62-36-17-9-21-55-40(67)20-19-33(41(50)68)60-45(72)38(26-30-27-58-32-14-6-5-13-31(30)32)63-43(70)35(16-8-23-57-49(53)54)61-44(71)37(25-29-11-3-2-4-12-29)64-46(73)39-18-10-24-65(39)47(36)74/h2-6,11-14,27,33-39,58H,7-10,15-26H2,1H3,(H2,50,68)(H,55,67)(H,59,66)(H,60,72)(H,61,71)(H,62,69)(H,63,70)(H,64,73)(H4,51,52,56)(H4,53,54,57)/t33?,34-,35-,36-,37+,38-,39-/m0/s1. The number of rotatable bonds is 16. The fourth-order valence-electron chi connectivity index (χ4n) is 8.88. The molecule has 25 heteroatoms. The number of carbonyl (C=O) groups excluding carboxylic acids is 9. The monoisotopic (exact) mass is 1030 g/mol. The number of nitrogens with two attached hydrogens (primary N) is 5. The molecule has 5 rings (SSSR count). The number of carbonyl (C=O) groups is 9. The molecule has 2 saturated heterocycles. The Morgan fingerprint density at radius 2 is 1.36 bits per heavy atom. The van der Waals surface area contributed by atoms with Crippen molar-refractivity contribution in [2.24, 2.45) is 38.7 Å². The number of fused-ring (bicyclic) bond motifs is 2. The molecule has 7 atom stereocenters. The highest BCUT2D eigenvalue weighted by atomic mass is 16.2. The van der Waals surface area contributed by atoms with E-state index in [9.17, 15) is 43.2 Å². The smallest absolute Gasteiger partial charge is 0.245 e. The van der Waals surface area contributed by atoms with Crippen molar-refractivity contribution >= 4 is 76.0 Å². The summed E-state index contributed by atoms with van der Waals surface area (Å²) in [5.74, 6) is -6.68. The molecule has 2 aliphatic rings. The molecule has 0 spiro atoms. The Bertz CT molecular complexity index is 2530. The number of hydrogen-bond donors (Lipinski definition) is 13. The van der Waals surface area contributed by atoms with Gasteiger partial charge in [-0.25, -0.2) is 0 Å². The summed E-state index contributed by atoms with van der Waals surface area (Å²) >= 11 is 0. The quantitative estimate of drug-likeness (QED) is 0.0391. The first-order valence-corrected chi connectivity index (χ1v) is 24.7. The molecule has 9 amide bonds. The molecule has 2 fully saturated rings. The summed E-state index contributed by atoms with van der Waals surface area (Å²) in [7, 11) is 0. The number of aromatic amines is 1. The number of aromatic nitrogens is 1. The van der Waals surface area contributed by atoms with E-state index in [1.54, 1.807) is 36.5 Å². The number of aliphatic imine (C=N–C) groups is 2. The van der Waals surface area contributed by atoms with Crippen molar-refractivity contribution < 1.29 is 43.2 Å². The van der Waals surface area contributed by atoms with Gasteiger partial charge in [-0.15, -0.1) is 0 Å². The van der Waals surface area contributed by atoms with Crippen LogP contribution in [-0.4, -0.2) is 143 Å². The second-order valence-electron chi connectivity index (χ2n) is 18.3. The van der Waals surface area contributed by atoms with Crippen LogP contribution < -0.4 is 65.9 Å². The largest absolute Gasteiger partial charge is 0.370 e. The Hall–Kier alpha value is -8.25. The van der Waals surface area contributed by atoms with Gasteiger partial charge in [-0.1, -0.05) is 48.5 Å². The minimum atomic E-state index is -1.36. The van der Waals surface area contributed by atoms with Gasteiger partial charge in [0.25, 0.3) is 0 Å². The molecular formula is C49H70N16O9. The molecule has 2 aliphatic heterocycles. The highest BCUT2D eigenvalue weighted by Gasteiger charge is 2.40. The van der Waals surface area contributed by atoms with E-state index in [-0.39, 0.29) is 102 Å². The molecule has 3 aromatic rings. The van der Waals surface area contributed by atoms with Crippen molar-refractivity contribution in [3.63, 3.8) is 0 Å². The van der Waals surface area contributed by atoms with Crippen molar-refractivity contribution in [3.8, 4) is 0 Å². The third kappa shape index (κ3) is 17.5. The zero-order valence-corrected chi connectivity index (χ0v) is 41.5. The van der Waals surface area contributed by atoms with Crippen molar-refractivity contribution in [2.45, 2.75) is 126 Å². The van der Waals surface area contributed by atoms with Gasteiger partial charge in [0.2, 0.25) is 53.2 Å². The normalized spacial score (nSPS) is 22.1. The summed E-state index contributed by atoms with van der Waals surface area (Å²) in [5, 5.41) is 19.8. The summed E-state index contributed by atoms with van der Waals surface area (Å²) in [6.45, 7) is 1.59. The fourth-order valence-corrected chi connectivity index (χ4v) is 8.88. The van der Waals surface area contributed by atoms with Crippen LogP contribution in [0.2, 0.25) is 0 Å². The van der Waals surface area contributed by atoms with Gasteiger partial charge in [0.15, 0.2) is 11.9 Å². The number of nitrogens with zero attached hydrogens (tertiary/aromatic N) is 3. The maximum atomic E-state index is 14.6. The molecule has 0 aliphatic carbocycles. The van der Waals surface area contributed by atoms with E-state index in [4.69, 9.17) is 28.7 Å². The number of benzene rings is 2. The average Bonchev–Trinajstić information content (AvgIpc) is 4.02. The number of hydrogen-bond acceptors (Lipinski definition) is 11. The van der Waals surface area contributed by atoms with Crippen LogP contribution in [0.5, 0.6) is 0 Å². The van der Waals surface area contributed by atoms with Gasteiger partial charge in [-0.2, -0.15) is 0 Å². The molecule has 74 heavy (non-hydrogen) atoms. The average molecular weight is 1030 g/mol. The highest BCUT2D eigenvalue weighted by molar-refractivity contribution is 5.98. The van der Waals surface area contributed by atoms with Gasteiger partial charge >= 0.3 is 0 Å². The Morgan fingerprint density at radius 1 is 0.730 bits per heavy atom. The van der Waals surface area contributed by atoms with Gasteiger partial charge in [-0.05, 0) is 75.0 Å². The Balaban J connectivity index is 1.51. The van der Waals surface area contributed by atoms with Crippen molar-refractivity contribution in [1.82, 2.24) is 47.1 Å². The van der Waals surface area contributed by atoms with E-state index in [2.05, 4.69) is 52.2 Å². The molecule has 25 nitrogen and oxygen atoms in total. The molecule has 3 heterocycles. The zero-order chi connectivity index (χ0) is 53.7. The molecule has 0 saturated carbocycles. The summed E-state index contributed by atoms with van der Waals surface area (Å²) in [4.78, 5) is 137. The first kappa shape index (κ1) is 56.7. The lowest BCUT2D eigenvalue weighted by molar-refractivity contribution is -0.142. The molecule has 1 unspecified atom stereocenters. The fraction of sp³-hybridized carbons (Fsp3) is 0.490. The number of H-pyrrole nitrogens is 1. The summed E-state index contributed by atoms with van der Waals surface area (Å²) in [6.07, 6.45) is 2.30. The Morgan fingerprint density at radius 3 is 2.07 bits per heavy atom. The SMILES string of the molecule is CC(=O)N[C@@H](CCCN=C(N)N)C(=O)N[C@H]1CCCNC(=O)CCC(C(N)=O)NC(=O)[C@H](Cc2c[nH]c3ccccc23)NC(=O)[C@H](CCCN=C(N)N)NC(=O)[C@@H](Cc2ccccc2)NC(=O)[C@@H]2CCCN2C1=O. The van der Waals surface area contributed by atoms with E-state index in [1.807, 2.05) is 24.3 Å². The lowest BCUT2D eigenvalue weighted by Gasteiger charge is -2.31. The van der Waals surface area contributed by atoms with Crippen LogP contribution in [-0.2, 0) is 56.0 Å². The van der Waals surface area contributed by atoms with Gasteiger partial charge in [-0.3, -0.25) is 53.1 Å². The van der Waals surface area contributed by atoms with E-state index in [1.165, 1.54) is 11.8 Å². The Labute approximate surface area is 428 Å². The summed E-state index contributed by atoms with van der Waals surface area (Å²) < 4.78 is 0. The number of para-hydroxylation sites is 1. The van der Waals surface area contributed by atoms with Crippen LogP contribution in [0, 0.1) is 0 Å². The maximum Gasteiger partial charge on any atom is 0.245 e. The van der Waals surface area contributed by atoms with Crippen molar-refractivity contribution in [2.75, 3.05) is 26.2 Å². The molecule has 2 aromatic carbocycles. The number of amides is 9. The predicted octanol–water partition coefficient (Wildman–Crippen LogP) is -2.84. The second-order valence-corrected chi connectivity index (χ2v) is 18.3. The van der Waals surface area contributed by atoms with E-state index >= 15 is 0 Å². The zero-order valence-electron chi connectivity index (χ0n) is 41.5. The minimum Gasteiger partial charge on any atom is -0.370 e. The first-order valence-electron chi connectivity index (χ1n) is 24.7. The van der Waals surface area contributed by atoms with Crippen molar-refractivity contribution in [1.29, 1.82) is 0 Å². The van der Waals surface area contributed by atoms with Crippen LogP contribution in [0.15, 0.2) is 70.8 Å². The second kappa shape index (κ2) is 28.1. The third-order valence-corrected chi connectivity index (χ3v) is 12.6. The number of primary amides is 1. The van der Waals surface area contributed by atoms with Crippen LogP contribution >= 0.6 is 0 Å². The minimum absolute atomic E-state index is 0.00572. The Kier molecular flexibility index (Phi) is 21.5. The number of guanidine groups is 2. The van der Waals surface area contributed by atoms with E-state index in [0.717, 1.165) is 10.9 Å². The van der Waals surface area contributed by atoms with Crippen LogP contribution in [0.1, 0.15) is 82.3 Å².